The predicted molar refractivity (Wildman–Crippen MR) is 70.1 cm³/mol. The van der Waals surface area contributed by atoms with Gasteiger partial charge in [0.15, 0.2) is 0 Å². The lowest BCUT2D eigenvalue weighted by Gasteiger charge is -2.22. The number of hydrogen-bond donors (Lipinski definition) is 1. The molecule has 0 aliphatic carbocycles. The molecule has 0 bridgehead atoms. The van der Waals surface area contributed by atoms with Crippen LogP contribution in [0.15, 0.2) is 18.2 Å². The highest BCUT2D eigenvalue weighted by atomic mass is 32.2. The van der Waals surface area contributed by atoms with Crippen molar-refractivity contribution in [2.45, 2.75) is 25.4 Å². The molecule has 0 aromatic heterocycles. The average Bonchev–Trinajstić information content (AvgIpc) is 2.38. The maximum Gasteiger partial charge on any atom is 0.131 e. The number of hydrogen-bond acceptors (Lipinski definition) is 3. The third-order valence-electron chi connectivity index (χ3n) is 3.06. The Kier molecular flexibility index (Phi) is 4.68. The van der Waals surface area contributed by atoms with Crippen molar-refractivity contribution in [1.82, 2.24) is 5.32 Å². The smallest absolute Gasteiger partial charge is 0.131 e. The molecule has 4 heteroatoms. The monoisotopic (exact) mass is 255 g/mol. The van der Waals surface area contributed by atoms with E-state index < -0.39 is 0 Å². The zero-order chi connectivity index (χ0) is 12.1. The van der Waals surface area contributed by atoms with Crippen molar-refractivity contribution in [2.24, 2.45) is 0 Å². The van der Waals surface area contributed by atoms with Crippen LogP contribution in [0.3, 0.4) is 0 Å². The molecule has 2 nitrogen and oxygen atoms in total. The first-order chi connectivity index (χ1) is 8.29. The number of ether oxygens (including phenoxy) is 1. The second kappa shape index (κ2) is 6.26. The molecule has 1 aromatic carbocycles. The van der Waals surface area contributed by atoms with Crippen molar-refractivity contribution in [2.75, 3.05) is 18.6 Å². The number of thioether (sulfide) groups is 1. The lowest BCUT2D eigenvalue weighted by Crippen LogP contribution is -2.32. The Balaban J connectivity index is 1.89. The third kappa shape index (κ3) is 3.61. The molecule has 1 aliphatic heterocycles. The third-order valence-corrected chi connectivity index (χ3v) is 4.11. The molecule has 1 fully saturated rings. The molecule has 0 amide bonds. The highest BCUT2D eigenvalue weighted by Crippen LogP contribution is 2.19. The van der Waals surface area contributed by atoms with Crippen molar-refractivity contribution in [3.8, 4) is 5.75 Å². The van der Waals surface area contributed by atoms with Crippen LogP contribution in [0.4, 0.5) is 4.39 Å². The van der Waals surface area contributed by atoms with Gasteiger partial charge < -0.3 is 10.1 Å². The van der Waals surface area contributed by atoms with Crippen LogP contribution in [-0.2, 0) is 6.54 Å². The fourth-order valence-electron chi connectivity index (χ4n) is 1.95. The molecule has 0 spiro atoms. The summed E-state index contributed by atoms with van der Waals surface area (Å²) in [5.74, 6) is 2.80. The lowest BCUT2D eigenvalue weighted by atomic mass is 10.1. The Hall–Kier alpha value is -0.740. The number of benzene rings is 1. The Morgan fingerprint density at radius 1 is 1.41 bits per heavy atom. The highest BCUT2D eigenvalue weighted by molar-refractivity contribution is 7.99. The second-order valence-corrected chi connectivity index (χ2v) is 5.45. The molecule has 0 unspecified atom stereocenters. The average molecular weight is 255 g/mol. The van der Waals surface area contributed by atoms with Crippen LogP contribution in [-0.4, -0.2) is 24.7 Å². The number of halogens is 1. The SMILES string of the molecule is COc1ccc(CNC2CCSCC2)c(F)c1. The van der Waals surface area contributed by atoms with Crippen molar-refractivity contribution in [3.05, 3.63) is 29.6 Å². The molecule has 0 saturated carbocycles. The van der Waals surface area contributed by atoms with Crippen LogP contribution >= 0.6 is 11.8 Å². The Morgan fingerprint density at radius 3 is 2.82 bits per heavy atom. The van der Waals surface area contributed by atoms with Crippen molar-refractivity contribution in [3.63, 3.8) is 0 Å². The van der Waals surface area contributed by atoms with Gasteiger partial charge in [-0.05, 0) is 30.4 Å². The minimum Gasteiger partial charge on any atom is -0.497 e. The van der Waals surface area contributed by atoms with Gasteiger partial charge in [0.1, 0.15) is 11.6 Å². The fourth-order valence-corrected chi connectivity index (χ4v) is 3.06. The summed E-state index contributed by atoms with van der Waals surface area (Å²) in [7, 11) is 1.55. The van der Waals surface area contributed by atoms with Gasteiger partial charge in [0.05, 0.1) is 7.11 Å². The number of methoxy groups -OCH3 is 1. The molecule has 0 radical (unpaired) electrons. The van der Waals surface area contributed by atoms with Crippen LogP contribution in [0.2, 0.25) is 0 Å². The summed E-state index contributed by atoms with van der Waals surface area (Å²) in [5, 5.41) is 3.42. The summed E-state index contributed by atoms with van der Waals surface area (Å²) < 4.78 is 18.6. The van der Waals surface area contributed by atoms with E-state index in [2.05, 4.69) is 5.32 Å². The summed E-state index contributed by atoms with van der Waals surface area (Å²) in [6.07, 6.45) is 2.37. The maximum absolute atomic E-state index is 13.7. The fraction of sp³-hybridized carbons (Fsp3) is 0.538. The molecular formula is C13H18FNOS. The van der Waals surface area contributed by atoms with Gasteiger partial charge in [0, 0.05) is 24.2 Å². The van der Waals surface area contributed by atoms with Crippen LogP contribution in [0, 0.1) is 5.82 Å². The first-order valence-corrected chi connectivity index (χ1v) is 7.08. The van der Waals surface area contributed by atoms with Crippen molar-refractivity contribution in [1.29, 1.82) is 0 Å². The van der Waals surface area contributed by atoms with E-state index in [4.69, 9.17) is 4.74 Å². The van der Waals surface area contributed by atoms with E-state index in [1.54, 1.807) is 19.2 Å². The van der Waals surface area contributed by atoms with Crippen LogP contribution in [0.5, 0.6) is 5.75 Å². The first-order valence-electron chi connectivity index (χ1n) is 5.93. The Morgan fingerprint density at radius 2 is 2.18 bits per heavy atom. The topological polar surface area (TPSA) is 21.3 Å². The van der Waals surface area contributed by atoms with E-state index in [1.807, 2.05) is 11.8 Å². The summed E-state index contributed by atoms with van der Waals surface area (Å²) >= 11 is 2.00. The molecule has 1 aromatic rings. The van der Waals surface area contributed by atoms with E-state index in [1.165, 1.54) is 30.4 Å². The van der Waals surface area contributed by atoms with Gasteiger partial charge in [0.25, 0.3) is 0 Å². The molecule has 1 saturated heterocycles. The maximum atomic E-state index is 13.7. The van der Waals surface area contributed by atoms with E-state index >= 15 is 0 Å². The minimum atomic E-state index is -0.193. The summed E-state index contributed by atoms with van der Waals surface area (Å²) in [6, 6.07) is 5.57. The van der Waals surface area contributed by atoms with Crippen molar-refractivity contribution < 1.29 is 9.13 Å². The molecule has 1 heterocycles. The predicted octanol–water partition coefficient (Wildman–Crippen LogP) is 2.82. The van der Waals surface area contributed by atoms with E-state index in [0.29, 0.717) is 23.9 Å². The van der Waals surface area contributed by atoms with Gasteiger partial charge in [-0.2, -0.15) is 11.8 Å². The second-order valence-electron chi connectivity index (χ2n) is 4.22. The highest BCUT2D eigenvalue weighted by Gasteiger charge is 2.13. The molecule has 0 atom stereocenters. The van der Waals surface area contributed by atoms with Crippen LogP contribution < -0.4 is 10.1 Å². The van der Waals surface area contributed by atoms with E-state index in [0.717, 1.165) is 0 Å². The largest absolute Gasteiger partial charge is 0.497 e. The van der Waals surface area contributed by atoms with E-state index in [-0.39, 0.29) is 5.82 Å². The van der Waals surface area contributed by atoms with Crippen molar-refractivity contribution >= 4 is 11.8 Å². The molecular weight excluding hydrogens is 237 g/mol. The summed E-state index contributed by atoms with van der Waals surface area (Å²) in [5.41, 5.74) is 0.712. The molecule has 17 heavy (non-hydrogen) atoms. The Bertz CT molecular complexity index is 366. The molecule has 2 rings (SSSR count). The zero-order valence-electron chi connectivity index (χ0n) is 10.0. The normalized spacial score (nSPS) is 17.1. The lowest BCUT2D eigenvalue weighted by molar-refractivity contribution is 0.409. The minimum absolute atomic E-state index is 0.193. The first kappa shape index (κ1) is 12.7. The van der Waals surface area contributed by atoms with Gasteiger partial charge in [0.2, 0.25) is 0 Å². The van der Waals surface area contributed by atoms with Crippen LogP contribution in [0.1, 0.15) is 18.4 Å². The van der Waals surface area contributed by atoms with Gasteiger partial charge in [-0.25, -0.2) is 4.39 Å². The quantitative estimate of drug-likeness (QED) is 0.894. The molecule has 94 valence electrons. The van der Waals surface area contributed by atoms with Gasteiger partial charge >= 0.3 is 0 Å². The summed E-state index contributed by atoms with van der Waals surface area (Å²) in [4.78, 5) is 0. The van der Waals surface area contributed by atoms with Gasteiger partial charge in [-0.15, -0.1) is 0 Å². The zero-order valence-corrected chi connectivity index (χ0v) is 10.9. The number of nitrogens with one attached hydrogen (secondary N) is 1. The Labute approximate surface area is 106 Å². The van der Waals surface area contributed by atoms with E-state index in [9.17, 15) is 4.39 Å². The molecule has 1 aliphatic rings. The van der Waals surface area contributed by atoms with Gasteiger partial charge in [-0.3, -0.25) is 0 Å². The standard InChI is InChI=1S/C13H18FNOS/c1-16-12-3-2-10(13(14)8-12)9-15-11-4-6-17-7-5-11/h2-3,8,11,15H,4-7,9H2,1H3. The van der Waals surface area contributed by atoms with Gasteiger partial charge in [-0.1, -0.05) is 6.07 Å². The number of rotatable bonds is 4. The molecule has 1 N–H and O–H groups in total. The van der Waals surface area contributed by atoms with Crippen LogP contribution in [0.25, 0.3) is 0 Å². The summed E-state index contributed by atoms with van der Waals surface area (Å²) in [6.45, 7) is 0.602.